The van der Waals surface area contributed by atoms with Crippen LogP contribution in [0.1, 0.15) is 17.0 Å². The molecule has 0 spiro atoms. The smallest absolute Gasteiger partial charge is 0.0977 e. The van der Waals surface area contributed by atoms with Crippen LogP contribution in [-0.2, 0) is 0 Å². The molecule has 0 aliphatic rings. The molecule has 0 N–H and O–H groups in total. The number of rotatable bonds is 2. The number of nitrogens with zero attached hydrogens (tertiary/aromatic N) is 1. The molecule has 0 bridgehead atoms. The number of halogens is 2. The topological polar surface area (TPSA) is 23.8 Å². The lowest BCUT2D eigenvalue weighted by Gasteiger charge is -2.11. The van der Waals surface area contributed by atoms with E-state index in [1.54, 1.807) is 18.2 Å². The van der Waals surface area contributed by atoms with Crippen LogP contribution in [0.2, 0.25) is 10.0 Å². The van der Waals surface area contributed by atoms with Crippen LogP contribution < -0.4 is 0 Å². The fraction of sp³-hybridized carbons (Fsp3) is 0.0714. The zero-order valence-electron chi connectivity index (χ0n) is 8.90. The summed E-state index contributed by atoms with van der Waals surface area (Å²) in [6.45, 7) is 0. The second-order valence-corrected chi connectivity index (χ2v) is 4.48. The Morgan fingerprint density at radius 2 is 1.71 bits per heavy atom. The molecule has 0 aliphatic heterocycles. The van der Waals surface area contributed by atoms with Crippen molar-refractivity contribution in [3.63, 3.8) is 0 Å². The van der Waals surface area contributed by atoms with Gasteiger partial charge in [-0.1, -0.05) is 59.6 Å². The first-order valence-corrected chi connectivity index (χ1v) is 5.87. The minimum atomic E-state index is -0.360. The van der Waals surface area contributed by atoms with Gasteiger partial charge in [0.25, 0.3) is 0 Å². The maximum absolute atomic E-state index is 9.29. The summed E-state index contributed by atoms with van der Waals surface area (Å²) >= 11 is 12.0. The van der Waals surface area contributed by atoms with E-state index in [1.807, 2.05) is 30.3 Å². The van der Waals surface area contributed by atoms with E-state index in [9.17, 15) is 5.26 Å². The van der Waals surface area contributed by atoms with E-state index in [-0.39, 0.29) is 5.92 Å². The summed E-state index contributed by atoms with van der Waals surface area (Å²) in [5, 5.41) is 10.4. The lowest BCUT2D eigenvalue weighted by Crippen LogP contribution is -1.98. The number of benzene rings is 2. The van der Waals surface area contributed by atoms with Gasteiger partial charge >= 0.3 is 0 Å². The van der Waals surface area contributed by atoms with Crippen molar-refractivity contribution in [2.75, 3.05) is 0 Å². The van der Waals surface area contributed by atoms with Gasteiger partial charge in [-0.25, -0.2) is 0 Å². The highest BCUT2D eigenvalue weighted by molar-refractivity contribution is 6.35. The van der Waals surface area contributed by atoms with Gasteiger partial charge in [-0.05, 0) is 23.3 Å². The molecule has 0 aromatic heterocycles. The second-order valence-electron chi connectivity index (χ2n) is 3.64. The third-order valence-corrected chi connectivity index (χ3v) is 3.10. The molecule has 0 radical (unpaired) electrons. The van der Waals surface area contributed by atoms with Crippen LogP contribution >= 0.6 is 23.2 Å². The van der Waals surface area contributed by atoms with Gasteiger partial charge in [0.1, 0.15) is 0 Å². The van der Waals surface area contributed by atoms with Crippen molar-refractivity contribution in [1.82, 2.24) is 0 Å². The molecule has 0 saturated heterocycles. The zero-order chi connectivity index (χ0) is 12.3. The highest BCUT2D eigenvalue weighted by atomic mass is 35.5. The van der Waals surface area contributed by atoms with Gasteiger partial charge in [0.2, 0.25) is 0 Å². The third-order valence-electron chi connectivity index (χ3n) is 2.54. The Balaban J connectivity index is 2.47. The third kappa shape index (κ3) is 2.61. The Morgan fingerprint density at radius 1 is 1.00 bits per heavy atom. The van der Waals surface area contributed by atoms with E-state index >= 15 is 0 Å². The van der Waals surface area contributed by atoms with Crippen molar-refractivity contribution in [3.05, 3.63) is 69.7 Å². The minimum Gasteiger partial charge on any atom is -0.197 e. The van der Waals surface area contributed by atoms with E-state index in [0.29, 0.717) is 10.0 Å². The summed E-state index contributed by atoms with van der Waals surface area (Å²) in [7, 11) is 0. The Morgan fingerprint density at radius 3 is 2.29 bits per heavy atom. The fourth-order valence-corrected chi connectivity index (χ4v) is 2.22. The molecule has 1 atom stereocenters. The van der Waals surface area contributed by atoms with Gasteiger partial charge < -0.3 is 0 Å². The highest BCUT2D eigenvalue weighted by Gasteiger charge is 2.16. The summed E-state index contributed by atoms with van der Waals surface area (Å²) in [6, 6.07) is 17.0. The van der Waals surface area contributed by atoms with Crippen LogP contribution in [0.4, 0.5) is 0 Å². The second kappa shape index (κ2) is 5.23. The molecule has 0 saturated carbocycles. The molecule has 2 aromatic carbocycles. The molecule has 84 valence electrons. The lowest BCUT2D eigenvalue weighted by molar-refractivity contribution is 1.04. The minimum absolute atomic E-state index is 0.360. The van der Waals surface area contributed by atoms with Crippen molar-refractivity contribution in [2.24, 2.45) is 0 Å². The Bertz CT molecular complexity index is 558. The highest BCUT2D eigenvalue weighted by Crippen LogP contribution is 2.31. The molecule has 0 fully saturated rings. The van der Waals surface area contributed by atoms with Gasteiger partial charge in [0.05, 0.1) is 12.0 Å². The molecule has 17 heavy (non-hydrogen) atoms. The van der Waals surface area contributed by atoms with Gasteiger partial charge in [-0.3, -0.25) is 0 Å². The molecule has 0 aliphatic carbocycles. The monoisotopic (exact) mass is 261 g/mol. The van der Waals surface area contributed by atoms with E-state index in [4.69, 9.17) is 23.2 Å². The quantitative estimate of drug-likeness (QED) is 0.772. The van der Waals surface area contributed by atoms with Crippen LogP contribution in [0.25, 0.3) is 0 Å². The van der Waals surface area contributed by atoms with Gasteiger partial charge in [-0.15, -0.1) is 0 Å². The lowest BCUT2D eigenvalue weighted by atomic mass is 9.93. The molecule has 2 aromatic rings. The van der Waals surface area contributed by atoms with E-state index in [2.05, 4.69) is 6.07 Å². The molecule has 1 nitrogen and oxygen atoms in total. The fourth-order valence-electron chi connectivity index (χ4n) is 1.70. The van der Waals surface area contributed by atoms with Crippen LogP contribution in [-0.4, -0.2) is 0 Å². The van der Waals surface area contributed by atoms with Crippen molar-refractivity contribution in [1.29, 1.82) is 5.26 Å². The normalized spacial score (nSPS) is 11.8. The van der Waals surface area contributed by atoms with E-state index < -0.39 is 0 Å². The number of nitriles is 1. The summed E-state index contributed by atoms with van der Waals surface area (Å²) < 4.78 is 0. The first kappa shape index (κ1) is 12.0. The van der Waals surface area contributed by atoms with Crippen molar-refractivity contribution < 1.29 is 0 Å². The van der Waals surface area contributed by atoms with E-state index in [0.717, 1.165) is 11.1 Å². The predicted molar refractivity (Wildman–Crippen MR) is 70.4 cm³/mol. The summed E-state index contributed by atoms with van der Waals surface area (Å²) in [4.78, 5) is 0. The summed E-state index contributed by atoms with van der Waals surface area (Å²) in [6.07, 6.45) is 0. The largest absolute Gasteiger partial charge is 0.197 e. The number of hydrogen-bond donors (Lipinski definition) is 0. The van der Waals surface area contributed by atoms with Crippen LogP contribution in [0, 0.1) is 11.3 Å². The molecule has 3 heteroatoms. The average Bonchev–Trinajstić information content (AvgIpc) is 2.34. The Kier molecular flexibility index (Phi) is 3.68. The van der Waals surface area contributed by atoms with Gasteiger partial charge in [-0.2, -0.15) is 5.26 Å². The molecule has 1 unspecified atom stereocenters. The molecule has 2 rings (SSSR count). The van der Waals surface area contributed by atoms with Crippen molar-refractivity contribution >= 4 is 23.2 Å². The first-order valence-electron chi connectivity index (χ1n) is 5.12. The van der Waals surface area contributed by atoms with Crippen molar-refractivity contribution in [3.8, 4) is 6.07 Å². The molecular formula is C14H9Cl2N. The Hall–Kier alpha value is -1.49. The van der Waals surface area contributed by atoms with Crippen LogP contribution in [0.3, 0.4) is 0 Å². The van der Waals surface area contributed by atoms with Gasteiger partial charge in [0.15, 0.2) is 0 Å². The average molecular weight is 262 g/mol. The Labute approximate surface area is 110 Å². The molecule has 0 heterocycles. The van der Waals surface area contributed by atoms with Gasteiger partial charge in [0, 0.05) is 10.0 Å². The van der Waals surface area contributed by atoms with Crippen molar-refractivity contribution in [2.45, 2.75) is 5.92 Å². The molecule has 0 amide bonds. The first-order chi connectivity index (χ1) is 8.22. The van der Waals surface area contributed by atoms with E-state index in [1.165, 1.54) is 0 Å². The maximum atomic E-state index is 9.29. The number of hydrogen-bond acceptors (Lipinski definition) is 1. The zero-order valence-corrected chi connectivity index (χ0v) is 10.4. The molecular weight excluding hydrogens is 253 g/mol. The predicted octanol–water partition coefficient (Wildman–Crippen LogP) is 4.65. The van der Waals surface area contributed by atoms with Crippen LogP contribution in [0.5, 0.6) is 0 Å². The SMILES string of the molecule is N#CC(c1ccccc1)c1ccc(Cl)cc1Cl. The standard InChI is InChI=1S/C14H9Cl2N/c15-11-6-7-12(14(16)8-11)13(9-17)10-4-2-1-3-5-10/h1-8,13H. The van der Waals surface area contributed by atoms with Crippen LogP contribution in [0.15, 0.2) is 48.5 Å². The summed E-state index contributed by atoms with van der Waals surface area (Å²) in [5.41, 5.74) is 1.71. The maximum Gasteiger partial charge on any atom is 0.0977 e. The summed E-state index contributed by atoms with van der Waals surface area (Å²) in [5.74, 6) is -0.360.